The molecule has 1 amide bonds. The summed E-state index contributed by atoms with van der Waals surface area (Å²) in [6.45, 7) is 2.57. The quantitative estimate of drug-likeness (QED) is 0.830. The smallest absolute Gasteiger partial charge is 0.253 e. The standard InChI is InChI=1S/C20H30N2O2/c1-5-24-19-8-6-7-14(13-19)20(23)22(4)18-11-15-9-17(21(2)3)10-16(15)12-18/h6-8,13,15-18H,5,9-12H2,1-4H3/t15-,16+,17?,18?. The summed E-state index contributed by atoms with van der Waals surface area (Å²) in [6, 6.07) is 8.66. The van der Waals surface area contributed by atoms with Crippen molar-refractivity contribution in [2.24, 2.45) is 11.8 Å². The Kier molecular flexibility index (Phi) is 5.14. The summed E-state index contributed by atoms with van der Waals surface area (Å²) in [6.07, 6.45) is 4.89. The van der Waals surface area contributed by atoms with Crippen LogP contribution in [0.4, 0.5) is 0 Å². The maximum Gasteiger partial charge on any atom is 0.253 e. The number of amides is 1. The largest absolute Gasteiger partial charge is 0.494 e. The lowest BCUT2D eigenvalue weighted by Gasteiger charge is -2.27. The Hall–Kier alpha value is -1.55. The van der Waals surface area contributed by atoms with Crippen LogP contribution in [0.2, 0.25) is 0 Å². The van der Waals surface area contributed by atoms with Crippen molar-refractivity contribution in [1.82, 2.24) is 9.80 Å². The fourth-order valence-electron chi connectivity index (χ4n) is 4.55. The minimum atomic E-state index is 0.116. The number of nitrogens with zero attached hydrogens (tertiary/aromatic N) is 2. The van der Waals surface area contributed by atoms with Crippen LogP contribution < -0.4 is 4.74 Å². The normalized spacial score (nSPS) is 28.9. The summed E-state index contributed by atoms with van der Waals surface area (Å²) in [5.74, 6) is 2.46. The van der Waals surface area contributed by atoms with Crippen molar-refractivity contribution in [1.29, 1.82) is 0 Å². The van der Waals surface area contributed by atoms with Crippen LogP contribution in [-0.4, -0.2) is 55.5 Å². The molecule has 0 N–H and O–H groups in total. The van der Waals surface area contributed by atoms with Gasteiger partial charge in [0.05, 0.1) is 6.61 Å². The fraction of sp³-hybridized carbons (Fsp3) is 0.650. The summed E-state index contributed by atoms with van der Waals surface area (Å²) >= 11 is 0. The zero-order chi connectivity index (χ0) is 17.3. The molecule has 0 bridgehead atoms. The van der Waals surface area contributed by atoms with Crippen LogP contribution in [0.25, 0.3) is 0 Å². The Balaban J connectivity index is 1.63. The maximum absolute atomic E-state index is 12.8. The van der Waals surface area contributed by atoms with Gasteiger partial charge in [-0.2, -0.15) is 0 Å². The van der Waals surface area contributed by atoms with Crippen molar-refractivity contribution in [3.63, 3.8) is 0 Å². The van der Waals surface area contributed by atoms with Gasteiger partial charge in [-0.15, -0.1) is 0 Å². The van der Waals surface area contributed by atoms with Gasteiger partial charge in [0, 0.05) is 24.7 Å². The van der Waals surface area contributed by atoms with Gasteiger partial charge in [-0.25, -0.2) is 0 Å². The number of hydrogen-bond donors (Lipinski definition) is 0. The number of fused-ring (bicyclic) bond motifs is 1. The minimum Gasteiger partial charge on any atom is -0.494 e. The third-order valence-corrected chi connectivity index (χ3v) is 5.96. The molecule has 0 spiro atoms. The Morgan fingerprint density at radius 3 is 2.29 bits per heavy atom. The first-order chi connectivity index (χ1) is 11.5. The number of carbonyl (C=O) groups is 1. The van der Waals surface area contributed by atoms with E-state index in [1.165, 1.54) is 12.8 Å². The van der Waals surface area contributed by atoms with Crippen LogP contribution in [0.5, 0.6) is 5.75 Å². The van der Waals surface area contributed by atoms with E-state index in [-0.39, 0.29) is 5.91 Å². The van der Waals surface area contributed by atoms with E-state index in [0.29, 0.717) is 12.6 Å². The van der Waals surface area contributed by atoms with Gasteiger partial charge in [-0.1, -0.05) is 6.07 Å². The Labute approximate surface area is 145 Å². The van der Waals surface area contributed by atoms with E-state index >= 15 is 0 Å². The van der Waals surface area contributed by atoms with Gasteiger partial charge in [0.1, 0.15) is 5.75 Å². The van der Waals surface area contributed by atoms with Crippen LogP contribution in [0, 0.1) is 11.8 Å². The Bertz CT molecular complexity index is 573. The van der Waals surface area contributed by atoms with E-state index in [1.54, 1.807) is 0 Å². The number of hydrogen-bond acceptors (Lipinski definition) is 3. The lowest BCUT2D eigenvalue weighted by Crippen LogP contribution is -2.36. The number of benzene rings is 1. The van der Waals surface area contributed by atoms with Crippen molar-refractivity contribution < 1.29 is 9.53 Å². The lowest BCUT2D eigenvalue weighted by molar-refractivity contribution is 0.0726. The second kappa shape index (κ2) is 7.14. The van der Waals surface area contributed by atoms with Crippen molar-refractivity contribution in [3.05, 3.63) is 29.8 Å². The molecule has 24 heavy (non-hydrogen) atoms. The summed E-state index contributed by atoms with van der Waals surface area (Å²) in [4.78, 5) is 17.2. The summed E-state index contributed by atoms with van der Waals surface area (Å²) in [5, 5.41) is 0. The van der Waals surface area contributed by atoms with Crippen LogP contribution >= 0.6 is 0 Å². The van der Waals surface area contributed by atoms with E-state index < -0.39 is 0 Å². The first kappa shape index (κ1) is 17.3. The first-order valence-electron chi connectivity index (χ1n) is 9.16. The van der Waals surface area contributed by atoms with Crippen molar-refractivity contribution in [3.8, 4) is 5.75 Å². The zero-order valence-corrected chi connectivity index (χ0v) is 15.4. The van der Waals surface area contributed by atoms with Gasteiger partial charge in [-0.3, -0.25) is 4.79 Å². The molecule has 2 saturated carbocycles. The molecule has 2 fully saturated rings. The zero-order valence-electron chi connectivity index (χ0n) is 15.4. The monoisotopic (exact) mass is 330 g/mol. The maximum atomic E-state index is 12.8. The third kappa shape index (κ3) is 3.44. The molecule has 1 aromatic carbocycles. The predicted octanol–water partition coefficient (Wildman–Crippen LogP) is 3.28. The molecule has 132 valence electrons. The molecule has 0 saturated heterocycles. The first-order valence-corrected chi connectivity index (χ1v) is 9.16. The number of carbonyl (C=O) groups excluding carboxylic acids is 1. The highest BCUT2D eigenvalue weighted by molar-refractivity contribution is 5.94. The molecule has 0 aliphatic heterocycles. The summed E-state index contributed by atoms with van der Waals surface area (Å²) in [5.41, 5.74) is 0.728. The number of ether oxygens (including phenoxy) is 1. The van der Waals surface area contributed by atoms with E-state index in [1.807, 2.05) is 43.1 Å². The molecule has 0 radical (unpaired) electrons. The van der Waals surface area contributed by atoms with Crippen LogP contribution in [0.1, 0.15) is 43.0 Å². The van der Waals surface area contributed by atoms with Crippen molar-refractivity contribution >= 4 is 5.91 Å². The molecule has 2 unspecified atom stereocenters. The number of rotatable bonds is 5. The fourth-order valence-corrected chi connectivity index (χ4v) is 4.55. The molecule has 2 aliphatic rings. The van der Waals surface area contributed by atoms with E-state index in [4.69, 9.17) is 4.74 Å². The predicted molar refractivity (Wildman–Crippen MR) is 96.4 cm³/mol. The second-order valence-corrected chi connectivity index (χ2v) is 7.61. The minimum absolute atomic E-state index is 0.116. The molecule has 4 heteroatoms. The van der Waals surface area contributed by atoms with Gasteiger partial charge in [0.2, 0.25) is 0 Å². The summed E-state index contributed by atoms with van der Waals surface area (Å²) in [7, 11) is 6.33. The van der Waals surface area contributed by atoms with Gasteiger partial charge in [0.15, 0.2) is 0 Å². The van der Waals surface area contributed by atoms with Gasteiger partial charge in [0.25, 0.3) is 5.91 Å². The highest BCUT2D eigenvalue weighted by Gasteiger charge is 2.44. The summed E-state index contributed by atoms with van der Waals surface area (Å²) < 4.78 is 5.52. The second-order valence-electron chi connectivity index (χ2n) is 7.61. The molecular weight excluding hydrogens is 300 g/mol. The van der Waals surface area contributed by atoms with Crippen LogP contribution in [0.15, 0.2) is 24.3 Å². The van der Waals surface area contributed by atoms with E-state index in [9.17, 15) is 4.79 Å². The van der Waals surface area contributed by atoms with Crippen LogP contribution in [-0.2, 0) is 0 Å². The Morgan fingerprint density at radius 1 is 1.08 bits per heavy atom. The highest BCUT2D eigenvalue weighted by Crippen LogP contribution is 2.46. The average Bonchev–Trinajstić information content (AvgIpc) is 3.13. The Morgan fingerprint density at radius 2 is 1.71 bits per heavy atom. The topological polar surface area (TPSA) is 32.8 Å². The van der Waals surface area contributed by atoms with Gasteiger partial charge < -0.3 is 14.5 Å². The average molecular weight is 330 g/mol. The molecule has 4 atom stereocenters. The van der Waals surface area contributed by atoms with Gasteiger partial charge in [-0.05, 0) is 76.7 Å². The lowest BCUT2D eigenvalue weighted by atomic mass is 10.0. The SMILES string of the molecule is CCOc1cccc(C(=O)N(C)C2C[C@H]3CC(N(C)C)C[C@H]3C2)c1. The molecule has 4 nitrogen and oxygen atoms in total. The molecule has 0 heterocycles. The molecule has 0 aromatic heterocycles. The van der Waals surface area contributed by atoms with Gasteiger partial charge >= 0.3 is 0 Å². The third-order valence-electron chi connectivity index (χ3n) is 5.96. The highest BCUT2D eigenvalue weighted by atomic mass is 16.5. The van der Waals surface area contributed by atoms with Crippen molar-refractivity contribution in [2.45, 2.75) is 44.7 Å². The molecule has 2 aliphatic carbocycles. The van der Waals surface area contributed by atoms with E-state index in [2.05, 4.69) is 19.0 Å². The van der Waals surface area contributed by atoms with Crippen LogP contribution in [0.3, 0.4) is 0 Å². The van der Waals surface area contributed by atoms with E-state index in [0.717, 1.165) is 42.0 Å². The molecular formula is C20H30N2O2. The molecule has 3 rings (SSSR count). The molecule has 1 aromatic rings. The van der Waals surface area contributed by atoms with Crippen molar-refractivity contribution in [2.75, 3.05) is 27.7 Å².